The number of nitrogens with zero attached hydrogens (tertiary/aromatic N) is 1. The van der Waals surface area contributed by atoms with E-state index in [2.05, 4.69) is 4.98 Å². The fraction of sp³-hybridized carbons (Fsp3) is 0.200. The Morgan fingerprint density at radius 3 is 2.65 bits per heavy atom. The van der Waals surface area contributed by atoms with Gasteiger partial charge in [-0.15, -0.1) is 0 Å². The van der Waals surface area contributed by atoms with Gasteiger partial charge in [0.1, 0.15) is 12.4 Å². The van der Waals surface area contributed by atoms with E-state index in [0.29, 0.717) is 11.4 Å². The summed E-state index contributed by atoms with van der Waals surface area (Å²) in [5.41, 5.74) is 1.39. The highest BCUT2D eigenvalue weighted by Crippen LogP contribution is 2.22. The zero-order valence-electron chi connectivity index (χ0n) is 11.3. The van der Waals surface area contributed by atoms with Crippen molar-refractivity contribution >= 4 is 5.97 Å². The van der Waals surface area contributed by atoms with Crippen molar-refractivity contribution in [2.24, 2.45) is 0 Å². The Morgan fingerprint density at radius 1 is 1.20 bits per heavy atom. The van der Waals surface area contributed by atoms with Crippen LogP contribution in [0.2, 0.25) is 0 Å². The maximum absolute atomic E-state index is 11.1. The smallest absolute Gasteiger partial charge is 0.358 e. The number of aromatic nitrogens is 1. The second-order valence-corrected chi connectivity index (χ2v) is 4.21. The molecular formula is C15H15NO4. The molecule has 0 aliphatic rings. The van der Waals surface area contributed by atoms with Gasteiger partial charge in [-0.1, -0.05) is 18.2 Å². The van der Waals surface area contributed by atoms with Crippen LogP contribution >= 0.6 is 0 Å². The number of carbonyl (C=O) groups is 1. The maximum atomic E-state index is 11.1. The number of hydrogen-bond acceptors (Lipinski definition) is 4. The molecule has 1 aromatic heterocycles. The molecule has 20 heavy (non-hydrogen) atoms. The number of pyridine rings is 1. The topological polar surface area (TPSA) is 68.7 Å². The number of aromatic carboxylic acids is 1. The van der Waals surface area contributed by atoms with Crippen LogP contribution in [0.1, 0.15) is 21.7 Å². The third-order valence-corrected chi connectivity index (χ3v) is 2.78. The Hall–Kier alpha value is -2.56. The van der Waals surface area contributed by atoms with Crippen molar-refractivity contribution in [3.8, 4) is 11.5 Å². The van der Waals surface area contributed by atoms with E-state index in [1.54, 1.807) is 26.2 Å². The van der Waals surface area contributed by atoms with Crippen LogP contribution in [0.4, 0.5) is 0 Å². The van der Waals surface area contributed by atoms with E-state index in [1.807, 2.05) is 24.3 Å². The molecule has 2 aromatic rings. The molecule has 0 fully saturated rings. The summed E-state index contributed by atoms with van der Waals surface area (Å²) in [7, 11) is 1.58. The lowest BCUT2D eigenvalue weighted by molar-refractivity contribution is 0.0684. The largest absolute Gasteiger partial charge is 0.496 e. The van der Waals surface area contributed by atoms with Gasteiger partial charge in [-0.3, -0.25) is 0 Å². The molecule has 0 aliphatic carbocycles. The number of rotatable bonds is 5. The molecule has 104 valence electrons. The van der Waals surface area contributed by atoms with E-state index in [1.165, 1.54) is 0 Å². The molecule has 1 aromatic carbocycles. The number of para-hydroxylation sites is 1. The van der Waals surface area contributed by atoms with E-state index < -0.39 is 5.97 Å². The number of methoxy groups -OCH3 is 1. The molecule has 5 nitrogen and oxygen atoms in total. The third-order valence-electron chi connectivity index (χ3n) is 2.78. The standard InChI is InChI=1S/C15H15NO4/c1-10-7-8-13(14(16-10)15(17)18)20-9-11-5-3-4-6-12(11)19-2/h3-8H,9H2,1-2H3,(H,17,18). The second-order valence-electron chi connectivity index (χ2n) is 4.21. The maximum Gasteiger partial charge on any atom is 0.358 e. The van der Waals surface area contributed by atoms with Crippen LogP contribution in [-0.2, 0) is 6.61 Å². The average Bonchev–Trinajstić information content (AvgIpc) is 2.46. The highest BCUT2D eigenvalue weighted by atomic mass is 16.5. The monoisotopic (exact) mass is 273 g/mol. The third kappa shape index (κ3) is 3.06. The molecule has 1 N–H and O–H groups in total. The number of ether oxygens (including phenoxy) is 2. The predicted molar refractivity (Wildman–Crippen MR) is 73.3 cm³/mol. The normalized spacial score (nSPS) is 10.1. The Kier molecular flexibility index (Phi) is 4.20. The van der Waals surface area contributed by atoms with Gasteiger partial charge < -0.3 is 14.6 Å². The SMILES string of the molecule is COc1ccccc1COc1ccc(C)nc1C(=O)O. The van der Waals surface area contributed by atoms with Crippen LogP contribution in [-0.4, -0.2) is 23.2 Å². The molecule has 0 amide bonds. The number of carboxylic acids is 1. The van der Waals surface area contributed by atoms with Gasteiger partial charge in [-0.05, 0) is 25.1 Å². The number of hydrogen-bond donors (Lipinski definition) is 1. The summed E-state index contributed by atoms with van der Waals surface area (Å²) in [6, 6.07) is 10.7. The van der Waals surface area contributed by atoms with Crippen molar-refractivity contribution in [1.29, 1.82) is 0 Å². The molecule has 0 bridgehead atoms. The van der Waals surface area contributed by atoms with Gasteiger partial charge in [0.15, 0.2) is 11.4 Å². The molecule has 0 aliphatic heterocycles. The van der Waals surface area contributed by atoms with E-state index in [9.17, 15) is 4.79 Å². The van der Waals surface area contributed by atoms with Gasteiger partial charge >= 0.3 is 5.97 Å². The molecule has 0 unspecified atom stereocenters. The van der Waals surface area contributed by atoms with Gasteiger partial charge in [-0.2, -0.15) is 0 Å². The van der Waals surface area contributed by atoms with Gasteiger partial charge in [0.05, 0.1) is 7.11 Å². The van der Waals surface area contributed by atoms with E-state index in [4.69, 9.17) is 14.6 Å². The van der Waals surface area contributed by atoms with Crippen molar-refractivity contribution in [3.63, 3.8) is 0 Å². The lowest BCUT2D eigenvalue weighted by Crippen LogP contribution is -2.07. The Bertz CT molecular complexity index is 625. The number of carboxylic acid groups (broad SMARTS) is 1. The summed E-state index contributed by atoms with van der Waals surface area (Å²) < 4.78 is 10.8. The first-order valence-electron chi connectivity index (χ1n) is 6.07. The average molecular weight is 273 g/mol. The lowest BCUT2D eigenvalue weighted by Gasteiger charge is -2.11. The minimum Gasteiger partial charge on any atom is -0.496 e. The van der Waals surface area contributed by atoms with Gasteiger partial charge in [-0.25, -0.2) is 9.78 Å². The summed E-state index contributed by atoms with van der Waals surface area (Å²) in [6.45, 7) is 1.95. The van der Waals surface area contributed by atoms with Crippen LogP contribution in [0.3, 0.4) is 0 Å². The summed E-state index contributed by atoms with van der Waals surface area (Å²) in [6.07, 6.45) is 0. The Balaban J connectivity index is 2.21. The molecule has 1 heterocycles. The minimum absolute atomic E-state index is 0.0834. The molecule has 0 spiro atoms. The fourth-order valence-corrected chi connectivity index (χ4v) is 1.79. The van der Waals surface area contributed by atoms with Crippen molar-refractivity contribution in [2.45, 2.75) is 13.5 Å². The Labute approximate surface area is 116 Å². The summed E-state index contributed by atoms with van der Waals surface area (Å²) in [5, 5.41) is 9.12. The van der Waals surface area contributed by atoms with Crippen molar-refractivity contribution < 1.29 is 19.4 Å². The van der Waals surface area contributed by atoms with Crippen LogP contribution in [0, 0.1) is 6.92 Å². The van der Waals surface area contributed by atoms with Crippen LogP contribution in [0.25, 0.3) is 0 Å². The van der Waals surface area contributed by atoms with E-state index in [-0.39, 0.29) is 18.1 Å². The lowest BCUT2D eigenvalue weighted by atomic mass is 10.2. The molecule has 0 radical (unpaired) electrons. The van der Waals surface area contributed by atoms with Crippen LogP contribution < -0.4 is 9.47 Å². The molecule has 0 saturated heterocycles. The number of aryl methyl sites for hydroxylation is 1. The first-order chi connectivity index (χ1) is 9.61. The first-order valence-corrected chi connectivity index (χ1v) is 6.07. The predicted octanol–water partition coefficient (Wildman–Crippen LogP) is 2.68. The van der Waals surface area contributed by atoms with Gasteiger partial charge in [0.2, 0.25) is 0 Å². The molecule has 0 saturated carbocycles. The zero-order chi connectivity index (χ0) is 14.5. The van der Waals surface area contributed by atoms with Crippen molar-refractivity contribution in [3.05, 3.63) is 53.3 Å². The van der Waals surface area contributed by atoms with Gasteiger partial charge in [0.25, 0.3) is 0 Å². The number of benzene rings is 1. The molecule has 5 heteroatoms. The van der Waals surface area contributed by atoms with E-state index in [0.717, 1.165) is 5.56 Å². The highest BCUT2D eigenvalue weighted by molar-refractivity contribution is 5.88. The first kappa shape index (κ1) is 13.9. The highest BCUT2D eigenvalue weighted by Gasteiger charge is 2.14. The van der Waals surface area contributed by atoms with E-state index >= 15 is 0 Å². The minimum atomic E-state index is -1.11. The zero-order valence-corrected chi connectivity index (χ0v) is 11.3. The fourth-order valence-electron chi connectivity index (χ4n) is 1.79. The second kappa shape index (κ2) is 6.06. The van der Waals surface area contributed by atoms with Crippen LogP contribution in [0.15, 0.2) is 36.4 Å². The van der Waals surface area contributed by atoms with Crippen molar-refractivity contribution in [2.75, 3.05) is 7.11 Å². The van der Waals surface area contributed by atoms with Crippen LogP contribution in [0.5, 0.6) is 11.5 Å². The van der Waals surface area contributed by atoms with Crippen molar-refractivity contribution in [1.82, 2.24) is 4.98 Å². The molecular weight excluding hydrogens is 258 g/mol. The molecule has 0 atom stereocenters. The summed E-state index contributed by atoms with van der Waals surface area (Å²) in [4.78, 5) is 15.1. The van der Waals surface area contributed by atoms with Gasteiger partial charge in [0, 0.05) is 11.3 Å². The summed E-state index contributed by atoms with van der Waals surface area (Å²) in [5.74, 6) is -0.165. The molecule has 2 rings (SSSR count). The quantitative estimate of drug-likeness (QED) is 0.907. The summed E-state index contributed by atoms with van der Waals surface area (Å²) >= 11 is 0. The Morgan fingerprint density at radius 2 is 1.95 bits per heavy atom.